The van der Waals surface area contributed by atoms with Crippen LogP contribution in [0.4, 0.5) is 11.4 Å². The molecule has 0 heterocycles. The van der Waals surface area contributed by atoms with Crippen molar-refractivity contribution < 1.29 is 9.66 Å². The molecule has 0 bridgehead atoms. The third kappa shape index (κ3) is 4.62. The molecule has 104 valence electrons. The molecule has 0 aromatic heterocycles. The van der Waals surface area contributed by atoms with Crippen LogP contribution < -0.4 is 10.1 Å². The van der Waals surface area contributed by atoms with Gasteiger partial charge in [-0.2, -0.15) is 0 Å². The number of hydrogen-bond donors (Lipinski definition) is 1. The largest absolute Gasteiger partial charge is 0.487 e. The number of rotatable bonds is 8. The number of nitrogens with zero attached hydrogens (tertiary/aromatic N) is 1. The van der Waals surface area contributed by atoms with E-state index in [0.717, 1.165) is 18.5 Å². The molecular formula is C14H20N2O3. The van der Waals surface area contributed by atoms with Crippen molar-refractivity contribution in [2.75, 3.05) is 11.9 Å². The first kappa shape index (κ1) is 15.0. The summed E-state index contributed by atoms with van der Waals surface area (Å²) in [5, 5.41) is 14.2. The number of nitro benzene ring substituents is 1. The zero-order valence-electron chi connectivity index (χ0n) is 11.4. The molecule has 0 aliphatic rings. The molecule has 0 saturated heterocycles. The molecule has 0 fully saturated rings. The Morgan fingerprint density at radius 3 is 2.89 bits per heavy atom. The second-order valence-electron chi connectivity index (χ2n) is 4.36. The molecule has 0 saturated carbocycles. The molecule has 1 atom stereocenters. The first-order chi connectivity index (χ1) is 9.08. The fourth-order valence-corrected chi connectivity index (χ4v) is 1.68. The predicted molar refractivity (Wildman–Crippen MR) is 76.8 cm³/mol. The number of nitrogens with one attached hydrogen (secondary N) is 1. The lowest BCUT2D eigenvalue weighted by Crippen LogP contribution is -2.14. The van der Waals surface area contributed by atoms with E-state index in [4.69, 9.17) is 4.74 Å². The maximum atomic E-state index is 10.9. The van der Waals surface area contributed by atoms with Crippen molar-refractivity contribution in [2.24, 2.45) is 0 Å². The zero-order chi connectivity index (χ0) is 14.3. The van der Waals surface area contributed by atoms with E-state index < -0.39 is 4.92 Å². The Kier molecular flexibility index (Phi) is 5.85. The minimum Gasteiger partial charge on any atom is -0.487 e. The highest BCUT2D eigenvalue weighted by Crippen LogP contribution is 2.30. The van der Waals surface area contributed by atoms with Crippen molar-refractivity contribution in [3.63, 3.8) is 0 Å². The third-order valence-electron chi connectivity index (χ3n) is 2.55. The number of anilines is 1. The molecule has 0 aliphatic heterocycles. The quantitative estimate of drug-likeness (QED) is 0.441. The van der Waals surface area contributed by atoms with Gasteiger partial charge in [-0.05, 0) is 25.8 Å². The van der Waals surface area contributed by atoms with Gasteiger partial charge in [0.15, 0.2) is 5.75 Å². The molecule has 0 amide bonds. The summed E-state index contributed by atoms with van der Waals surface area (Å²) in [6.07, 6.45) is 3.46. The van der Waals surface area contributed by atoms with Crippen LogP contribution in [0.1, 0.15) is 26.7 Å². The second kappa shape index (κ2) is 7.41. The number of ether oxygens (including phenoxy) is 1. The lowest BCUT2D eigenvalue weighted by Gasteiger charge is -2.14. The number of benzene rings is 1. The highest BCUT2D eigenvalue weighted by molar-refractivity contribution is 5.58. The number of hydrogen-bond acceptors (Lipinski definition) is 4. The van der Waals surface area contributed by atoms with Gasteiger partial charge in [0.05, 0.1) is 11.5 Å². The summed E-state index contributed by atoms with van der Waals surface area (Å²) in [5.74, 6) is 0.308. The van der Waals surface area contributed by atoms with Gasteiger partial charge >= 0.3 is 5.69 Å². The Labute approximate surface area is 113 Å². The van der Waals surface area contributed by atoms with Crippen molar-refractivity contribution in [1.82, 2.24) is 0 Å². The Balaban J connectivity index is 2.90. The molecule has 0 aliphatic carbocycles. The van der Waals surface area contributed by atoms with Crippen molar-refractivity contribution >= 4 is 11.4 Å². The third-order valence-corrected chi connectivity index (χ3v) is 2.55. The van der Waals surface area contributed by atoms with Gasteiger partial charge in [-0.25, -0.2) is 0 Å². The Morgan fingerprint density at radius 1 is 1.58 bits per heavy atom. The van der Waals surface area contributed by atoms with E-state index in [1.807, 2.05) is 19.9 Å². The maximum absolute atomic E-state index is 10.9. The lowest BCUT2D eigenvalue weighted by atomic mass is 10.2. The average Bonchev–Trinajstić information content (AvgIpc) is 2.36. The molecule has 19 heavy (non-hydrogen) atoms. The van der Waals surface area contributed by atoms with Gasteiger partial charge < -0.3 is 10.1 Å². The monoisotopic (exact) mass is 264 g/mol. The summed E-state index contributed by atoms with van der Waals surface area (Å²) in [7, 11) is 0. The van der Waals surface area contributed by atoms with E-state index in [9.17, 15) is 10.1 Å². The summed E-state index contributed by atoms with van der Waals surface area (Å²) in [6.45, 7) is 8.13. The first-order valence-corrected chi connectivity index (χ1v) is 6.37. The van der Waals surface area contributed by atoms with Gasteiger partial charge in [0.25, 0.3) is 0 Å². The van der Waals surface area contributed by atoms with E-state index >= 15 is 0 Å². The van der Waals surface area contributed by atoms with Crippen LogP contribution in [0.25, 0.3) is 0 Å². The van der Waals surface area contributed by atoms with Gasteiger partial charge in [0.1, 0.15) is 0 Å². The summed E-state index contributed by atoms with van der Waals surface area (Å²) in [5.41, 5.74) is 0.807. The topological polar surface area (TPSA) is 64.4 Å². The SMILES string of the molecule is C=CCC(C)Nc1ccc([N+](=O)[O-])c(OCCC)c1. The van der Waals surface area contributed by atoms with Gasteiger partial charge in [-0.15, -0.1) is 6.58 Å². The van der Waals surface area contributed by atoms with Crippen molar-refractivity contribution in [3.8, 4) is 5.75 Å². The molecule has 1 aromatic rings. The normalized spacial score (nSPS) is 11.7. The van der Waals surface area contributed by atoms with Crippen LogP contribution in [0.3, 0.4) is 0 Å². The fourth-order valence-electron chi connectivity index (χ4n) is 1.68. The molecule has 1 unspecified atom stereocenters. The summed E-state index contributed by atoms with van der Waals surface area (Å²) >= 11 is 0. The summed E-state index contributed by atoms with van der Waals surface area (Å²) in [4.78, 5) is 10.5. The molecule has 5 nitrogen and oxygen atoms in total. The molecule has 1 aromatic carbocycles. The Bertz CT molecular complexity index is 446. The predicted octanol–water partition coefficient (Wildman–Crippen LogP) is 3.76. The average molecular weight is 264 g/mol. The van der Waals surface area contributed by atoms with Crippen molar-refractivity contribution in [3.05, 3.63) is 41.0 Å². The lowest BCUT2D eigenvalue weighted by molar-refractivity contribution is -0.385. The molecule has 5 heteroatoms. The van der Waals surface area contributed by atoms with Crippen LogP contribution >= 0.6 is 0 Å². The Hall–Kier alpha value is -2.04. The highest BCUT2D eigenvalue weighted by Gasteiger charge is 2.15. The second-order valence-corrected chi connectivity index (χ2v) is 4.36. The maximum Gasteiger partial charge on any atom is 0.311 e. The van der Waals surface area contributed by atoms with Gasteiger partial charge in [-0.1, -0.05) is 13.0 Å². The molecule has 1 N–H and O–H groups in total. The van der Waals surface area contributed by atoms with Gasteiger partial charge in [0.2, 0.25) is 0 Å². The zero-order valence-corrected chi connectivity index (χ0v) is 11.4. The van der Waals surface area contributed by atoms with E-state index in [-0.39, 0.29) is 11.7 Å². The molecule has 1 rings (SSSR count). The van der Waals surface area contributed by atoms with Crippen molar-refractivity contribution in [1.29, 1.82) is 0 Å². The van der Waals surface area contributed by atoms with Crippen molar-refractivity contribution in [2.45, 2.75) is 32.7 Å². The Morgan fingerprint density at radius 2 is 2.32 bits per heavy atom. The van der Waals surface area contributed by atoms with Crippen LogP contribution in [0.5, 0.6) is 5.75 Å². The minimum absolute atomic E-state index is 0.00428. The fraction of sp³-hybridized carbons (Fsp3) is 0.429. The number of nitro groups is 1. The summed E-state index contributed by atoms with van der Waals surface area (Å²) in [6, 6.07) is 5.05. The molecule has 0 spiro atoms. The van der Waals surface area contributed by atoms with Crippen LogP contribution in [0, 0.1) is 10.1 Å². The van der Waals surface area contributed by atoms with Crippen LogP contribution in [-0.2, 0) is 0 Å². The molecular weight excluding hydrogens is 244 g/mol. The van der Waals surface area contributed by atoms with Gasteiger partial charge in [0, 0.05) is 23.9 Å². The van der Waals surface area contributed by atoms with Crippen LogP contribution in [0.2, 0.25) is 0 Å². The van der Waals surface area contributed by atoms with Crippen LogP contribution in [-0.4, -0.2) is 17.6 Å². The minimum atomic E-state index is -0.429. The highest BCUT2D eigenvalue weighted by atomic mass is 16.6. The van der Waals surface area contributed by atoms with Crippen LogP contribution in [0.15, 0.2) is 30.9 Å². The van der Waals surface area contributed by atoms with Gasteiger partial charge in [-0.3, -0.25) is 10.1 Å². The van der Waals surface area contributed by atoms with E-state index in [2.05, 4.69) is 11.9 Å². The smallest absolute Gasteiger partial charge is 0.311 e. The van der Waals surface area contributed by atoms with E-state index in [1.54, 1.807) is 12.1 Å². The van der Waals surface area contributed by atoms with E-state index in [1.165, 1.54) is 6.07 Å². The first-order valence-electron chi connectivity index (χ1n) is 6.37. The van der Waals surface area contributed by atoms with E-state index in [0.29, 0.717) is 12.4 Å². The summed E-state index contributed by atoms with van der Waals surface area (Å²) < 4.78 is 5.43. The standard InChI is InChI=1S/C14H20N2O3/c1-4-6-11(3)15-12-7-8-13(16(17)18)14(10-12)19-9-5-2/h4,7-8,10-11,15H,1,5-6,9H2,2-3H3. The molecule has 0 radical (unpaired) electrons.